The average molecular weight is 297 g/mol. The van der Waals surface area contributed by atoms with Crippen molar-refractivity contribution in [1.29, 1.82) is 0 Å². The lowest BCUT2D eigenvalue weighted by atomic mass is 10.1. The van der Waals surface area contributed by atoms with Gasteiger partial charge in [0.25, 0.3) is 5.91 Å². The molecular weight excluding hydrogens is 278 g/mol. The molecule has 2 N–H and O–H groups in total. The van der Waals surface area contributed by atoms with Crippen molar-refractivity contribution < 1.29 is 9.53 Å². The van der Waals surface area contributed by atoms with Crippen LogP contribution in [0.4, 0.5) is 5.69 Å². The quantitative estimate of drug-likeness (QED) is 0.942. The molecule has 0 bridgehead atoms. The van der Waals surface area contributed by atoms with E-state index in [9.17, 15) is 4.79 Å². The number of carbonyl (C=O) groups excluding carboxylic acids is 1. The fourth-order valence-electron chi connectivity index (χ4n) is 2.76. The number of primary amides is 1. The van der Waals surface area contributed by atoms with Gasteiger partial charge < -0.3 is 15.4 Å². The number of benzene rings is 1. The lowest BCUT2D eigenvalue weighted by Gasteiger charge is -2.38. The first-order chi connectivity index (χ1) is 10.6. The number of nitrogens with zero attached hydrogens (tertiary/aromatic N) is 2. The van der Waals surface area contributed by atoms with E-state index >= 15 is 0 Å². The van der Waals surface area contributed by atoms with Crippen LogP contribution in [0, 0.1) is 0 Å². The van der Waals surface area contributed by atoms with Crippen LogP contribution in [0.2, 0.25) is 0 Å². The number of carbonyl (C=O) groups is 1. The molecule has 1 fully saturated rings. The zero-order valence-corrected chi connectivity index (χ0v) is 12.5. The number of hydrogen-bond acceptors (Lipinski definition) is 4. The number of amides is 1. The van der Waals surface area contributed by atoms with E-state index in [1.807, 2.05) is 24.3 Å². The first-order valence-corrected chi connectivity index (χ1v) is 7.34. The standard InChI is InChI=1S/C17H19N3O2/c1-12-10-20(14-7-8-19-15(9-14)17(18)21)11-16(22-12)13-5-3-2-4-6-13/h2-9,12,16H,10-11H2,1H3,(H2,18,21). The van der Waals surface area contributed by atoms with Gasteiger partial charge in [-0.3, -0.25) is 9.78 Å². The summed E-state index contributed by atoms with van der Waals surface area (Å²) >= 11 is 0. The normalized spacial score (nSPS) is 21.6. The summed E-state index contributed by atoms with van der Waals surface area (Å²) in [7, 11) is 0. The molecule has 0 saturated carbocycles. The monoisotopic (exact) mass is 297 g/mol. The molecule has 1 aliphatic heterocycles. The Balaban J connectivity index is 1.85. The van der Waals surface area contributed by atoms with E-state index in [2.05, 4.69) is 28.9 Å². The summed E-state index contributed by atoms with van der Waals surface area (Å²) in [6.45, 7) is 3.56. The number of nitrogens with two attached hydrogens (primary N) is 1. The van der Waals surface area contributed by atoms with E-state index in [4.69, 9.17) is 10.5 Å². The maximum Gasteiger partial charge on any atom is 0.267 e. The molecule has 2 atom stereocenters. The van der Waals surface area contributed by atoms with Crippen LogP contribution in [0.5, 0.6) is 0 Å². The predicted molar refractivity (Wildman–Crippen MR) is 84.7 cm³/mol. The Bertz CT molecular complexity index is 660. The Kier molecular flexibility index (Phi) is 4.06. The number of anilines is 1. The Morgan fingerprint density at radius 1 is 1.27 bits per heavy atom. The van der Waals surface area contributed by atoms with Gasteiger partial charge in [0, 0.05) is 25.0 Å². The summed E-state index contributed by atoms with van der Waals surface area (Å²) in [6.07, 6.45) is 1.73. The molecule has 1 amide bonds. The minimum Gasteiger partial charge on any atom is -0.367 e. The molecule has 22 heavy (non-hydrogen) atoms. The molecule has 1 aliphatic rings. The molecule has 2 unspecified atom stereocenters. The highest BCUT2D eigenvalue weighted by Crippen LogP contribution is 2.28. The van der Waals surface area contributed by atoms with Crippen molar-refractivity contribution >= 4 is 11.6 Å². The van der Waals surface area contributed by atoms with Gasteiger partial charge in [0.1, 0.15) is 11.8 Å². The summed E-state index contributed by atoms with van der Waals surface area (Å²) in [4.78, 5) is 17.5. The van der Waals surface area contributed by atoms with Crippen LogP contribution >= 0.6 is 0 Å². The maximum absolute atomic E-state index is 11.3. The lowest BCUT2D eigenvalue weighted by molar-refractivity contribution is -0.0173. The van der Waals surface area contributed by atoms with Gasteiger partial charge in [-0.05, 0) is 24.6 Å². The third-order valence-electron chi connectivity index (χ3n) is 3.79. The highest BCUT2D eigenvalue weighted by atomic mass is 16.5. The van der Waals surface area contributed by atoms with Gasteiger partial charge in [-0.2, -0.15) is 0 Å². The number of rotatable bonds is 3. The van der Waals surface area contributed by atoms with E-state index in [-0.39, 0.29) is 17.9 Å². The van der Waals surface area contributed by atoms with E-state index in [0.717, 1.165) is 24.3 Å². The molecular formula is C17H19N3O2. The molecule has 1 aromatic heterocycles. The van der Waals surface area contributed by atoms with Crippen LogP contribution in [-0.4, -0.2) is 30.1 Å². The second-order valence-corrected chi connectivity index (χ2v) is 5.51. The maximum atomic E-state index is 11.3. The van der Waals surface area contributed by atoms with Gasteiger partial charge in [-0.15, -0.1) is 0 Å². The largest absolute Gasteiger partial charge is 0.367 e. The van der Waals surface area contributed by atoms with E-state index in [1.54, 1.807) is 12.3 Å². The minimum atomic E-state index is -0.511. The van der Waals surface area contributed by atoms with Gasteiger partial charge >= 0.3 is 0 Å². The van der Waals surface area contributed by atoms with Crippen molar-refractivity contribution in [3.8, 4) is 0 Å². The number of ether oxygens (including phenoxy) is 1. The van der Waals surface area contributed by atoms with Gasteiger partial charge in [0.2, 0.25) is 0 Å². The average Bonchev–Trinajstić information content (AvgIpc) is 2.55. The van der Waals surface area contributed by atoms with Crippen LogP contribution < -0.4 is 10.6 Å². The number of morpholine rings is 1. The van der Waals surface area contributed by atoms with Crippen LogP contribution in [0.1, 0.15) is 29.1 Å². The molecule has 1 aromatic carbocycles. The van der Waals surface area contributed by atoms with Crippen LogP contribution in [0.3, 0.4) is 0 Å². The van der Waals surface area contributed by atoms with Crippen molar-refractivity contribution in [3.63, 3.8) is 0 Å². The zero-order chi connectivity index (χ0) is 15.5. The fraction of sp³-hybridized carbons (Fsp3) is 0.294. The smallest absolute Gasteiger partial charge is 0.267 e. The zero-order valence-electron chi connectivity index (χ0n) is 12.5. The summed E-state index contributed by atoms with van der Waals surface area (Å²) in [6, 6.07) is 13.8. The highest BCUT2D eigenvalue weighted by Gasteiger charge is 2.26. The van der Waals surface area contributed by atoms with Crippen molar-refractivity contribution in [2.24, 2.45) is 5.73 Å². The number of hydrogen-bond donors (Lipinski definition) is 1. The van der Waals surface area contributed by atoms with Gasteiger partial charge in [0.15, 0.2) is 0 Å². The minimum absolute atomic E-state index is 0.00939. The first-order valence-electron chi connectivity index (χ1n) is 7.34. The summed E-state index contributed by atoms with van der Waals surface area (Å²) in [5.74, 6) is -0.511. The Morgan fingerprint density at radius 2 is 2.05 bits per heavy atom. The SMILES string of the molecule is CC1CN(c2ccnc(C(N)=O)c2)CC(c2ccccc2)O1. The van der Waals surface area contributed by atoms with Crippen molar-refractivity contribution in [1.82, 2.24) is 4.98 Å². The lowest BCUT2D eigenvalue weighted by Crippen LogP contribution is -2.43. The number of aromatic nitrogens is 1. The Hall–Kier alpha value is -2.40. The van der Waals surface area contributed by atoms with Gasteiger partial charge in [-0.1, -0.05) is 30.3 Å². The molecule has 1 saturated heterocycles. The molecule has 2 aromatic rings. The van der Waals surface area contributed by atoms with Crippen LogP contribution in [0.25, 0.3) is 0 Å². The Labute approximate surface area is 129 Å². The molecule has 0 aliphatic carbocycles. The van der Waals surface area contributed by atoms with Gasteiger partial charge in [0.05, 0.1) is 6.10 Å². The third-order valence-corrected chi connectivity index (χ3v) is 3.79. The molecule has 5 nitrogen and oxygen atoms in total. The topological polar surface area (TPSA) is 68.5 Å². The molecule has 3 rings (SSSR count). The third kappa shape index (κ3) is 3.09. The van der Waals surface area contributed by atoms with Gasteiger partial charge in [-0.25, -0.2) is 0 Å². The fourth-order valence-corrected chi connectivity index (χ4v) is 2.76. The molecule has 0 radical (unpaired) electrons. The van der Waals surface area contributed by atoms with Crippen molar-refractivity contribution in [2.45, 2.75) is 19.1 Å². The van der Waals surface area contributed by atoms with E-state index in [1.165, 1.54) is 0 Å². The highest BCUT2D eigenvalue weighted by molar-refractivity contribution is 5.91. The molecule has 5 heteroatoms. The molecule has 0 spiro atoms. The first kappa shape index (κ1) is 14.5. The van der Waals surface area contributed by atoms with Crippen molar-refractivity contribution in [2.75, 3.05) is 18.0 Å². The van der Waals surface area contributed by atoms with Crippen LogP contribution in [-0.2, 0) is 4.74 Å². The van der Waals surface area contributed by atoms with Crippen molar-refractivity contribution in [3.05, 3.63) is 59.9 Å². The van der Waals surface area contributed by atoms with E-state index < -0.39 is 5.91 Å². The summed E-state index contributed by atoms with van der Waals surface area (Å²) in [5, 5.41) is 0. The summed E-state index contributed by atoms with van der Waals surface area (Å²) in [5.41, 5.74) is 7.70. The second kappa shape index (κ2) is 6.15. The summed E-state index contributed by atoms with van der Waals surface area (Å²) < 4.78 is 6.05. The second-order valence-electron chi connectivity index (χ2n) is 5.51. The Morgan fingerprint density at radius 3 is 2.77 bits per heavy atom. The number of pyridine rings is 1. The van der Waals surface area contributed by atoms with E-state index in [0.29, 0.717) is 0 Å². The molecule has 114 valence electrons. The predicted octanol–water partition coefficient (Wildman–Crippen LogP) is 2.15. The van der Waals surface area contributed by atoms with Crippen LogP contribution in [0.15, 0.2) is 48.7 Å². The molecule has 2 heterocycles.